The fourth-order valence-electron chi connectivity index (χ4n) is 10.1. The van der Waals surface area contributed by atoms with Crippen molar-refractivity contribution in [2.75, 3.05) is 0 Å². The van der Waals surface area contributed by atoms with Gasteiger partial charge in [0.05, 0.1) is 0 Å². The molecule has 0 aromatic heterocycles. The number of hydrogen-bond donors (Lipinski definition) is 0. The largest absolute Gasteiger partial charge is 0.0622 e. The van der Waals surface area contributed by atoms with Crippen LogP contribution in [0.1, 0.15) is 0 Å². The van der Waals surface area contributed by atoms with Crippen LogP contribution in [-0.4, -0.2) is 0 Å². The summed E-state index contributed by atoms with van der Waals surface area (Å²) in [6.07, 6.45) is 0. The van der Waals surface area contributed by atoms with Gasteiger partial charge in [0.15, 0.2) is 0 Å². The van der Waals surface area contributed by atoms with E-state index >= 15 is 0 Å². The van der Waals surface area contributed by atoms with Crippen LogP contribution >= 0.6 is 59.6 Å². The summed E-state index contributed by atoms with van der Waals surface area (Å²) in [5, 5.41) is 17.6. The molecule has 400 valence electrons. The van der Waals surface area contributed by atoms with Crippen molar-refractivity contribution in [3.05, 3.63) is 364 Å². The Kier molecular flexibility index (Phi) is 22.1. The van der Waals surface area contributed by atoms with Crippen molar-refractivity contribution in [3.8, 4) is 0 Å². The van der Waals surface area contributed by atoms with E-state index in [1.165, 1.54) is 63.7 Å². The van der Waals surface area contributed by atoms with Gasteiger partial charge in [-0.05, 0) is 23.5 Å². The first-order valence-electron chi connectivity index (χ1n) is 27.0. The molecular weight excluding hydrogens is 1220 g/mol. The number of hydrogen-bond acceptors (Lipinski definition) is 0. The summed E-state index contributed by atoms with van der Waals surface area (Å²) >= 11 is 0. The van der Waals surface area contributed by atoms with E-state index in [0.29, 0.717) is 0 Å². The monoisotopic (exact) mass is 1280 g/mol. The molecule has 12 rings (SSSR count). The van der Waals surface area contributed by atoms with Crippen LogP contribution < -0.4 is 63.7 Å². The van der Waals surface area contributed by atoms with Gasteiger partial charge < -0.3 is 0 Å². The maximum atomic E-state index is 2.50. The summed E-state index contributed by atoms with van der Waals surface area (Å²) in [6, 6.07) is 138. The second-order valence-electron chi connectivity index (χ2n) is 18.8. The van der Waals surface area contributed by atoms with Crippen LogP contribution in [0.2, 0.25) is 0 Å². The molecule has 0 spiro atoms. The molecule has 0 aliphatic heterocycles. The molecule has 3 unspecified atom stereocenters. The van der Waals surface area contributed by atoms with Gasteiger partial charge in [-0.3, -0.25) is 0 Å². The first kappa shape index (κ1) is 58.9. The zero-order valence-corrected chi connectivity index (χ0v) is 53.6. The van der Waals surface area contributed by atoms with Crippen LogP contribution in [0.25, 0.3) is 0 Å². The molecule has 0 aliphatic rings. The van der Waals surface area contributed by atoms with Gasteiger partial charge in [-0.2, -0.15) is 0 Å². The molecule has 0 heterocycles. The molecule has 0 fully saturated rings. The van der Waals surface area contributed by atoms with Gasteiger partial charge in [0.25, 0.3) is 0 Å². The van der Waals surface area contributed by atoms with Crippen molar-refractivity contribution in [3.63, 3.8) is 0 Å². The molecular formula is C72H62P8Pd. The Bertz CT molecular complexity index is 3340. The van der Waals surface area contributed by atoms with Crippen molar-refractivity contribution < 1.29 is 20.4 Å². The van der Waals surface area contributed by atoms with E-state index in [1.54, 1.807) is 0 Å². The standard InChI is InChI=1S/C54H46P6.C18H16P2.Pd/c1-10-28-46(29-11-1)55(47-30-12-2-13-31-47)57(50-36-18-5-19-37-50)59(60(52-40-22-7-23-41-52,53-42-24-8-25-43-53)54-44-26-9-27-45-54)58(51-38-20-6-21-39-51)56(48-32-14-3-15-33-48)49-34-16-4-17-35-49;1-4-10-16(11-5-1)19-20(17-12-6-2-7-13-17)18-14-8-3-9-15-18;/h1-45,60H;1-15,19H;. The molecule has 12 aromatic carbocycles. The summed E-state index contributed by atoms with van der Waals surface area (Å²) in [6.45, 7) is -4.01. The second-order valence-corrected chi connectivity index (χ2v) is 50.6. The summed E-state index contributed by atoms with van der Waals surface area (Å²) < 4.78 is 0. The van der Waals surface area contributed by atoms with Crippen LogP contribution in [0, 0.1) is 0 Å². The van der Waals surface area contributed by atoms with E-state index in [-0.39, 0.29) is 28.0 Å². The molecule has 0 aliphatic carbocycles. The smallest absolute Gasteiger partial charge is 0.0152 e. The Morgan fingerprint density at radius 3 is 0.654 bits per heavy atom. The third kappa shape index (κ3) is 14.2. The first-order valence-corrected chi connectivity index (χ1v) is 42.5. The minimum absolute atomic E-state index is 0. The van der Waals surface area contributed by atoms with Crippen molar-refractivity contribution >= 4 is 123 Å². The van der Waals surface area contributed by atoms with E-state index in [0.717, 1.165) is 8.27 Å². The molecule has 0 radical (unpaired) electrons. The van der Waals surface area contributed by atoms with Gasteiger partial charge in [-0.25, -0.2) is 0 Å². The molecule has 12 aromatic rings. The fourth-order valence-corrected chi connectivity index (χ4v) is 86.0. The average Bonchev–Trinajstić information content (AvgIpc) is 2.98. The van der Waals surface area contributed by atoms with E-state index in [4.69, 9.17) is 0 Å². The Morgan fingerprint density at radius 1 is 0.210 bits per heavy atom. The summed E-state index contributed by atoms with van der Waals surface area (Å²) in [7, 11) is -3.14. The second kappa shape index (κ2) is 30.3. The summed E-state index contributed by atoms with van der Waals surface area (Å²) in [5.74, 6) is 0. The Hall–Kier alpha value is -5.26. The van der Waals surface area contributed by atoms with E-state index in [1.807, 2.05) is 0 Å². The minimum atomic E-state index is -3.05. The van der Waals surface area contributed by atoms with Crippen LogP contribution in [0.5, 0.6) is 0 Å². The molecule has 0 N–H and O–H groups in total. The van der Waals surface area contributed by atoms with Gasteiger partial charge in [0.1, 0.15) is 0 Å². The zero-order valence-electron chi connectivity index (χ0n) is 44.6. The van der Waals surface area contributed by atoms with Crippen LogP contribution in [-0.2, 0) is 20.4 Å². The van der Waals surface area contributed by atoms with Gasteiger partial charge >= 0.3 is 364 Å². The average molecular weight is 1280 g/mol. The normalized spacial score (nSPS) is 12.7. The van der Waals surface area contributed by atoms with Gasteiger partial charge in [-0.1, -0.05) is 99.3 Å². The fraction of sp³-hybridized carbons (Fsp3) is 0. The van der Waals surface area contributed by atoms with Crippen LogP contribution in [0.3, 0.4) is 0 Å². The number of benzene rings is 12. The van der Waals surface area contributed by atoms with Crippen molar-refractivity contribution in [1.82, 2.24) is 0 Å². The molecule has 9 heteroatoms. The van der Waals surface area contributed by atoms with Crippen LogP contribution in [0.15, 0.2) is 364 Å². The Balaban J connectivity index is 0.000000294. The van der Waals surface area contributed by atoms with Crippen molar-refractivity contribution in [2.45, 2.75) is 0 Å². The quantitative estimate of drug-likeness (QED) is 0.0593. The van der Waals surface area contributed by atoms with Crippen LogP contribution in [0.4, 0.5) is 0 Å². The molecule has 0 saturated carbocycles. The predicted octanol–water partition coefficient (Wildman–Crippen LogP) is 16.7. The van der Waals surface area contributed by atoms with Crippen molar-refractivity contribution in [2.24, 2.45) is 0 Å². The summed E-state index contributed by atoms with van der Waals surface area (Å²) in [4.78, 5) is 0. The number of rotatable bonds is 18. The SMILES string of the molecule is [Pd].c1ccc(P(c2ccccc2)P(c2ccccc2)P(P(c2ccccc2)P(c2ccccc2)c2ccccc2)[PH](c2ccccc2)(c2ccccc2)c2ccccc2)cc1.c1ccc(PP(c2ccccc2)c2ccccc2)cc1. The molecule has 0 bridgehead atoms. The predicted molar refractivity (Wildman–Crippen MR) is 371 cm³/mol. The zero-order chi connectivity index (χ0) is 54.0. The molecule has 0 saturated heterocycles. The third-order valence-corrected chi connectivity index (χ3v) is 67.6. The Morgan fingerprint density at radius 2 is 0.407 bits per heavy atom. The topological polar surface area (TPSA) is 0 Å². The third-order valence-electron chi connectivity index (χ3n) is 13.6. The molecule has 81 heavy (non-hydrogen) atoms. The van der Waals surface area contributed by atoms with E-state index in [9.17, 15) is 0 Å². The van der Waals surface area contributed by atoms with Gasteiger partial charge in [0.2, 0.25) is 0 Å². The van der Waals surface area contributed by atoms with E-state index < -0.39 is 43.8 Å². The molecule has 0 amide bonds. The summed E-state index contributed by atoms with van der Waals surface area (Å²) in [5.41, 5.74) is 0. The molecule has 0 nitrogen and oxygen atoms in total. The first-order chi connectivity index (χ1) is 39.8. The van der Waals surface area contributed by atoms with Gasteiger partial charge in [-0.15, -0.1) is 0 Å². The Labute approximate surface area is 503 Å². The molecule has 3 atom stereocenters. The van der Waals surface area contributed by atoms with Crippen molar-refractivity contribution in [1.29, 1.82) is 0 Å². The minimum Gasteiger partial charge on any atom is -0.0622 e. The maximum Gasteiger partial charge on any atom is -0.0152 e. The van der Waals surface area contributed by atoms with E-state index in [2.05, 4.69) is 364 Å². The maximum absolute atomic E-state index is 3.05. The van der Waals surface area contributed by atoms with Gasteiger partial charge in [0, 0.05) is 20.4 Å².